The Kier molecular flexibility index (Phi) is 5.37. The first kappa shape index (κ1) is 20.5. The van der Waals surface area contributed by atoms with E-state index in [1.54, 1.807) is 15.9 Å². The standard InChI is InChI=1S/C20H27N7O2S/c1-5-27-16(3)20(15(2)23-27)30(28,29)26-12-10-25(11-13-26)19-14-18(21-17(4)22-19)24-8-6-7-9-24/h6-9,14H,5,10-13H2,1-4H3. The fraction of sp³-hybridized carbons (Fsp3) is 0.450. The average Bonchev–Trinajstić information content (AvgIpc) is 3.35. The first-order valence-corrected chi connectivity index (χ1v) is 11.5. The molecule has 0 bridgehead atoms. The zero-order valence-corrected chi connectivity index (χ0v) is 18.6. The molecule has 10 heteroatoms. The van der Waals surface area contributed by atoms with E-state index in [2.05, 4.69) is 20.0 Å². The van der Waals surface area contributed by atoms with Crippen LogP contribution in [0.2, 0.25) is 0 Å². The Morgan fingerprint density at radius 3 is 2.20 bits per heavy atom. The third kappa shape index (κ3) is 3.61. The maximum absolute atomic E-state index is 13.3. The second kappa shape index (κ2) is 7.84. The first-order chi connectivity index (χ1) is 14.3. The molecule has 30 heavy (non-hydrogen) atoms. The van der Waals surface area contributed by atoms with Crippen molar-refractivity contribution in [1.29, 1.82) is 0 Å². The van der Waals surface area contributed by atoms with Crippen LogP contribution in [-0.2, 0) is 16.6 Å². The lowest BCUT2D eigenvalue weighted by Gasteiger charge is -2.34. The molecule has 160 valence electrons. The smallest absolute Gasteiger partial charge is 0.246 e. The maximum atomic E-state index is 13.3. The topological polar surface area (TPSA) is 89.2 Å². The molecule has 0 spiro atoms. The van der Waals surface area contributed by atoms with Gasteiger partial charge in [-0.25, -0.2) is 18.4 Å². The lowest BCUT2D eigenvalue weighted by molar-refractivity contribution is 0.383. The number of rotatable bonds is 5. The Morgan fingerprint density at radius 1 is 0.967 bits per heavy atom. The summed E-state index contributed by atoms with van der Waals surface area (Å²) in [7, 11) is -3.58. The van der Waals surface area contributed by atoms with Gasteiger partial charge >= 0.3 is 0 Å². The molecule has 0 aromatic carbocycles. The Balaban J connectivity index is 1.54. The van der Waals surface area contributed by atoms with Gasteiger partial charge in [-0.15, -0.1) is 0 Å². The van der Waals surface area contributed by atoms with Crippen LogP contribution < -0.4 is 4.90 Å². The average molecular weight is 430 g/mol. The van der Waals surface area contributed by atoms with Gasteiger partial charge in [0, 0.05) is 51.2 Å². The van der Waals surface area contributed by atoms with Crippen molar-refractivity contribution in [2.75, 3.05) is 31.1 Å². The molecule has 9 nitrogen and oxygen atoms in total. The van der Waals surface area contributed by atoms with E-state index in [0.717, 1.165) is 11.6 Å². The van der Waals surface area contributed by atoms with Gasteiger partial charge in [0.1, 0.15) is 22.4 Å². The number of anilines is 1. The number of hydrogen-bond donors (Lipinski definition) is 0. The predicted octanol–water partition coefficient (Wildman–Crippen LogP) is 1.92. The summed E-state index contributed by atoms with van der Waals surface area (Å²) in [5.41, 5.74) is 1.25. The number of aromatic nitrogens is 5. The highest BCUT2D eigenvalue weighted by Crippen LogP contribution is 2.26. The third-order valence-corrected chi connectivity index (χ3v) is 7.61. The SMILES string of the molecule is CCn1nc(C)c(S(=O)(=O)N2CCN(c3cc(-n4cccc4)nc(C)n3)CC2)c1C. The summed E-state index contributed by atoms with van der Waals surface area (Å²) in [4.78, 5) is 11.5. The fourth-order valence-electron chi connectivity index (χ4n) is 3.97. The summed E-state index contributed by atoms with van der Waals surface area (Å²) < 4.78 is 31.8. The van der Waals surface area contributed by atoms with Crippen LogP contribution in [0.1, 0.15) is 24.1 Å². The molecule has 0 amide bonds. The molecule has 0 N–H and O–H groups in total. The zero-order chi connectivity index (χ0) is 21.5. The number of aryl methyl sites for hydroxylation is 3. The zero-order valence-electron chi connectivity index (χ0n) is 17.8. The van der Waals surface area contributed by atoms with E-state index in [9.17, 15) is 8.42 Å². The first-order valence-electron chi connectivity index (χ1n) is 10.1. The van der Waals surface area contributed by atoms with Crippen LogP contribution in [0.25, 0.3) is 5.82 Å². The van der Waals surface area contributed by atoms with E-state index >= 15 is 0 Å². The van der Waals surface area contributed by atoms with Gasteiger partial charge in [0.25, 0.3) is 0 Å². The minimum atomic E-state index is -3.58. The highest BCUT2D eigenvalue weighted by Gasteiger charge is 2.33. The summed E-state index contributed by atoms with van der Waals surface area (Å²) in [5.74, 6) is 2.30. The molecule has 3 aromatic rings. The lowest BCUT2D eigenvalue weighted by atomic mass is 10.3. The van der Waals surface area contributed by atoms with Crippen molar-refractivity contribution in [3.05, 3.63) is 47.8 Å². The van der Waals surface area contributed by atoms with Crippen LogP contribution in [0.15, 0.2) is 35.5 Å². The van der Waals surface area contributed by atoms with Crippen LogP contribution in [0.4, 0.5) is 5.82 Å². The van der Waals surface area contributed by atoms with Crippen molar-refractivity contribution in [3.63, 3.8) is 0 Å². The molecule has 4 rings (SSSR count). The van der Waals surface area contributed by atoms with Crippen molar-refractivity contribution in [1.82, 2.24) is 28.6 Å². The molecule has 0 saturated carbocycles. The third-order valence-electron chi connectivity index (χ3n) is 5.46. The lowest BCUT2D eigenvalue weighted by Crippen LogP contribution is -2.49. The summed E-state index contributed by atoms with van der Waals surface area (Å²) in [6.07, 6.45) is 3.88. The van der Waals surface area contributed by atoms with E-state index in [-0.39, 0.29) is 0 Å². The van der Waals surface area contributed by atoms with Crippen molar-refractivity contribution in [3.8, 4) is 5.82 Å². The normalized spacial score (nSPS) is 15.7. The molecule has 0 aliphatic carbocycles. The summed E-state index contributed by atoms with van der Waals surface area (Å²) in [6.45, 7) is 10.00. The van der Waals surface area contributed by atoms with E-state index in [1.807, 2.05) is 55.9 Å². The van der Waals surface area contributed by atoms with Crippen molar-refractivity contribution in [2.24, 2.45) is 0 Å². The minimum absolute atomic E-state index is 0.338. The molecular weight excluding hydrogens is 402 g/mol. The van der Waals surface area contributed by atoms with E-state index in [4.69, 9.17) is 0 Å². The van der Waals surface area contributed by atoms with E-state index in [1.165, 1.54) is 0 Å². The summed E-state index contributed by atoms with van der Waals surface area (Å²) in [6, 6.07) is 5.84. The van der Waals surface area contributed by atoms with Gasteiger partial charge in [0.05, 0.1) is 11.4 Å². The monoisotopic (exact) mass is 429 g/mol. The molecule has 0 atom stereocenters. The van der Waals surface area contributed by atoms with Crippen LogP contribution >= 0.6 is 0 Å². The highest BCUT2D eigenvalue weighted by molar-refractivity contribution is 7.89. The highest BCUT2D eigenvalue weighted by atomic mass is 32.2. The molecule has 1 saturated heterocycles. The quantitative estimate of drug-likeness (QED) is 0.616. The molecule has 4 heterocycles. The van der Waals surface area contributed by atoms with Gasteiger partial charge in [-0.3, -0.25) is 4.68 Å². The van der Waals surface area contributed by atoms with Gasteiger partial charge in [-0.2, -0.15) is 9.40 Å². The van der Waals surface area contributed by atoms with Crippen LogP contribution in [0.5, 0.6) is 0 Å². The van der Waals surface area contributed by atoms with Gasteiger partial charge in [-0.1, -0.05) is 0 Å². The Hall–Kier alpha value is -2.72. The maximum Gasteiger partial charge on any atom is 0.246 e. The van der Waals surface area contributed by atoms with Crippen LogP contribution in [0.3, 0.4) is 0 Å². The van der Waals surface area contributed by atoms with Crippen molar-refractivity contribution >= 4 is 15.8 Å². The van der Waals surface area contributed by atoms with Gasteiger partial charge < -0.3 is 9.47 Å². The molecule has 3 aromatic heterocycles. The minimum Gasteiger partial charge on any atom is -0.354 e. The Morgan fingerprint density at radius 2 is 1.60 bits per heavy atom. The largest absolute Gasteiger partial charge is 0.354 e. The second-order valence-electron chi connectivity index (χ2n) is 7.43. The summed E-state index contributed by atoms with van der Waals surface area (Å²) >= 11 is 0. The number of sulfonamides is 1. The van der Waals surface area contributed by atoms with Gasteiger partial charge in [-0.05, 0) is 39.8 Å². The number of piperazine rings is 1. The Labute approximate surface area is 177 Å². The molecular formula is C20H27N7O2S. The number of hydrogen-bond acceptors (Lipinski definition) is 6. The molecule has 0 unspecified atom stereocenters. The Bertz CT molecular complexity index is 1140. The van der Waals surface area contributed by atoms with Crippen molar-refractivity contribution < 1.29 is 8.42 Å². The fourth-order valence-corrected chi connectivity index (χ4v) is 5.76. The van der Waals surface area contributed by atoms with Crippen molar-refractivity contribution in [2.45, 2.75) is 39.1 Å². The molecule has 1 fully saturated rings. The van der Waals surface area contributed by atoms with E-state index in [0.29, 0.717) is 54.8 Å². The molecule has 1 aliphatic rings. The van der Waals surface area contributed by atoms with Crippen LogP contribution in [-0.4, -0.2) is 63.2 Å². The van der Waals surface area contributed by atoms with E-state index < -0.39 is 10.0 Å². The van der Waals surface area contributed by atoms with Crippen LogP contribution in [0, 0.1) is 20.8 Å². The number of nitrogens with zero attached hydrogens (tertiary/aromatic N) is 7. The second-order valence-corrected chi connectivity index (χ2v) is 9.30. The molecule has 0 radical (unpaired) electrons. The summed E-state index contributed by atoms with van der Waals surface area (Å²) in [5, 5.41) is 4.38. The predicted molar refractivity (Wildman–Crippen MR) is 114 cm³/mol. The molecule has 1 aliphatic heterocycles. The van der Waals surface area contributed by atoms with Gasteiger partial charge in [0.15, 0.2) is 0 Å². The van der Waals surface area contributed by atoms with Gasteiger partial charge in [0.2, 0.25) is 10.0 Å².